The van der Waals surface area contributed by atoms with Gasteiger partial charge in [-0.1, -0.05) is 24.1 Å². The fraction of sp³-hybridized carbons (Fsp3) is 0.500. The second-order valence-corrected chi connectivity index (χ2v) is 7.44. The first-order valence-electron chi connectivity index (χ1n) is 5.75. The largest absolute Gasteiger partial charge is 0.249 e. The highest BCUT2D eigenvalue weighted by atomic mass is 35.5. The van der Waals surface area contributed by atoms with Crippen molar-refractivity contribution in [2.75, 3.05) is 6.26 Å². The molecule has 1 aromatic rings. The standard InChI is InChI=1S/C12H14ClN3OS/c1-18(17,16-8-14)11-4-2-3-10(11)9-5-6-12(13)15-7-9/h5-7,10-11H,2-4H2,1H3. The van der Waals surface area contributed by atoms with Crippen molar-refractivity contribution < 1.29 is 4.21 Å². The fourth-order valence-corrected chi connectivity index (χ4v) is 4.50. The van der Waals surface area contributed by atoms with Crippen molar-refractivity contribution in [2.24, 2.45) is 4.36 Å². The molecule has 0 bridgehead atoms. The average molecular weight is 284 g/mol. The fourth-order valence-electron chi connectivity index (χ4n) is 2.59. The second-order valence-electron chi connectivity index (χ2n) is 4.54. The van der Waals surface area contributed by atoms with Crippen LogP contribution in [0.3, 0.4) is 0 Å². The van der Waals surface area contributed by atoms with Crippen LogP contribution in [0.2, 0.25) is 5.15 Å². The summed E-state index contributed by atoms with van der Waals surface area (Å²) >= 11 is 5.77. The molecular formula is C12H14ClN3OS. The van der Waals surface area contributed by atoms with Gasteiger partial charge in [-0.15, -0.1) is 4.36 Å². The number of hydrogen-bond acceptors (Lipinski definition) is 4. The normalized spacial score (nSPS) is 26.3. The molecule has 1 heterocycles. The molecule has 3 unspecified atom stereocenters. The number of aromatic nitrogens is 1. The van der Waals surface area contributed by atoms with E-state index in [1.807, 2.05) is 6.07 Å². The van der Waals surface area contributed by atoms with E-state index in [-0.39, 0.29) is 11.2 Å². The van der Waals surface area contributed by atoms with E-state index in [0.29, 0.717) is 5.15 Å². The third-order valence-electron chi connectivity index (χ3n) is 3.41. The lowest BCUT2D eigenvalue weighted by molar-refractivity contribution is 0.649. The summed E-state index contributed by atoms with van der Waals surface area (Å²) in [6, 6.07) is 3.66. The quantitative estimate of drug-likeness (QED) is 0.619. The van der Waals surface area contributed by atoms with Crippen molar-refractivity contribution in [2.45, 2.75) is 30.4 Å². The summed E-state index contributed by atoms with van der Waals surface area (Å²) in [4.78, 5) is 4.06. The molecule has 0 N–H and O–H groups in total. The van der Waals surface area contributed by atoms with Gasteiger partial charge in [0.2, 0.25) is 6.19 Å². The van der Waals surface area contributed by atoms with Gasteiger partial charge in [-0.3, -0.25) is 0 Å². The van der Waals surface area contributed by atoms with Crippen LogP contribution in [-0.2, 0) is 9.73 Å². The van der Waals surface area contributed by atoms with Gasteiger partial charge in [0, 0.05) is 18.4 Å². The Labute approximate surface area is 112 Å². The van der Waals surface area contributed by atoms with Crippen LogP contribution >= 0.6 is 11.6 Å². The van der Waals surface area contributed by atoms with Crippen LogP contribution < -0.4 is 0 Å². The van der Waals surface area contributed by atoms with E-state index in [4.69, 9.17) is 16.9 Å². The molecule has 1 fully saturated rings. The lowest BCUT2D eigenvalue weighted by atomic mass is 9.99. The van der Waals surface area contributed by atoms with Crippen molar-refractivity contribution in [3.05, 3.63) is 29.0 Å². The molecule has 2 rings (SSSR count). The van der Waals surface area contributed by atoms with E-state index < -0.39 is 9.73 Å². The molecule has 1 aliphatic rings. The van der Waals surface area contributed by atoms with Crippen molar-refractivity contribution in [1.82, 2.24) is 4.98 Å². The van der Waals surface area contributed by atoms with Gasteiger partial charge >= 0.3 is 0 Å². The summed E-state index contributed by atoms with van der Waals surface area (Å²) < 4.78 is 16.0. The predicted octanol–water partition coefficient (Wildman–Crippen LogP) is 2.95. The van der Waals surface area contributed by atoms with Gasteiger partial charge in [-0.2, -0.15) is 5.26 Å². The molecule has 18 heavy (non-hydrogen) atoms. The monoisotopic (exact) mass is 283 g/mol. The number of halogens is 1. The zero-order chi connectivity index (χ0) is 13.2. The lowest BCUT2D eigenvalue weighted by Crippen LogP contribution is -2.22. The van der Waals surface area contributed by atoms with Gasteiger partial charge in [0.15, 0.2) is 0 Å². The Morgan fingerprint density at radius 2 is 2.33 bits per heavy atom. The molecule has 96 valence electrons. The minimum absolute atomic E-state index is 0.0693. The van der Waals surface area contributed by atoms with E-state index >= 15 is 0 Å². The SMILES string of the molecule is CS(=O)(=NC#N)C1CCCC1c1ccc(Cl)nc1. The number of nitrogens with zero attached hydrogens (tertiary/aromatic N) is 3. The zero-order valence-corrected chi connectivity index (χ0v) is 11.6. The van der Waals surface area contributed by atoms with Gasteiger partial charge in [0.1, 0.15) is 5.15 Å². The maximum absolute atomic E-state index is 12.4. The molecule has 0 spiro atoms. The maximum atomic E-state index is 12.4. The first-order valence-corrected chi connectivity index (χ1v) is 8.11. The number of hydrogen-bond donors (Lipinski definition) is 0. The Bertz CT molecular complexity index is 584. The van der Waals surface area contributed by atoms with Crippen LogP contribution in [0.4, 0.5) is 0 Å². The smallest absolute Gasteiger partial charge is 0.214 e. The molecule has 1 aromatic heterocycles. The summed E-state index contributed by atoms with van der Waals surface area (Å²) in [5, 5.41) is 9.01. The molecule has 0 saturated heterocycles. The minimum Gasteiger partial charge on any atom is -0.249 e. The summed E-state index contributed by atoms with van der Waals surface area (Å²) in [6.07, 6.45) is 7.78. The van der Waals surface area contributed by atoms with Crippen LogP contribution in [0.1, 0.15) is 30.7 Å². The molecular weight excluding hydrogens is 270 g/mol. The van der Waals surface area contributed by atoms with E-state index in [2.05, 4.69) is 9.35 Å². The topological polar surface area (TPSA) is 66.1 Å². The third kappa shape index (κ3) is 2.65. The Balaban J connectivity index is 2.34. The summed E-state index contributed by atoms with van der Waals surface area (Å²) in [6.45, 7) is 0. The molecule has 0 aromatic carbocycles. The van der Waals surface area contributed by atoms with Crippen molar-refractivity contribution in [3.63, 3.8) is 0 Å². The highest BCUT2D eigenvalue weighted by molar-refractivity contribution is 7.93. The van der Waals surface area contributed by atoms with Crippen molar-refractivity contribution >= 4 is 21.3 Å². The summed E-state index contributed by atoms with van der Waals surface area (Å²) in [5.74, 6) is 0.157. The molecule has 3 atom stereocenters. The van der Waals surface area contributed by atoms with E-state index in [9.17, 15) is 4.21 Å². The van der Waals surface area contributed by atoms with Crippen LogP contribution in [0, 0.1) is 11.5 Å². The minimum atomic E-state index is -2.46. The number of pyridine rings is 1. The third-order valence-corrected chi connectivity index (χ3v) is 5.77. The van der Waals surface area contributed by atoms with Gasteiger partial charge in [-0.05, 0) is 24.5 Å². The summed E-state index contributed by atoms with van der Waals surface area (Å²) in [5.41, 5.74) is 1.03. The Hall–Kier alpha value is -1.12. The molecule has 1 saturated carbocycles. The van der Waals surface area contributed by atoms with E-state index in [0.717, 1.165) is 24.8 Å². The lowest BCUT2D eigenvalue weighted by Gasteiger charge is -2.20. The molecule has 0 aliphatic heterocycles. The van der Waals surface area contributed by atoms with Crippen molar-refractivity contribution in [1.29, 1.82) is 5.26 Å². The van der Waals surface area contributed by atoms with Gasteiger partial charge in [0.25, 0.3) is 0 Å². The number of rotatable bonds is 2. The van der Waals surface area contributed by atoms with Crippen molar-refractivity contribution in [3.8, 4) is 6.19 Å². The van der Waals surface area contributed by atoms with Crippen LogP contribution in [0.15, 0.2) is 22.7 Å². The highest BCUT2D eigenvalue weighted by Gasteiger charge is 2.34. The molecule has 6 heteroatoms. The molecule has 4 nitrogen and oxygen atoms in total. The summed E-state index contributed by atoms with van der Waals surface area (Å²) in [7, 11) is -2.46. The molecule has 0 amide bonds. The van der Waals surface area contributed by atoms with Crippen LogP contribution in [0.25, 0.3) is 0 Å². The zero-order valence-electron chi connectivity index (χ0n) is 10.0. The second kappa shape index (κ2) is 5.25. The Kier molecular flexibility index (Phi) is 3.88. The first kappa shape index (κ1) is 13.3. The Morgan fingerprint density at radius 3 is 2.94 bits per heavy atom. The molecule has 1 aliphatic carbocycles. The van der Waals surface area contributed by atoms with Crippen LogP contribution in [0.5, 0.6) is 0 Å². The van der Waals surface area contributed by atoms with E-state index in [1.54, 1.807) is 24.7 Å². The predicted molar refractivity (Wildman–Crippen MR) is 71.7 cm³/mol. The average Bonchev–Trinajstić information content (AvgIpc) is 2.79. The van der Waals surface area contributed by atoms with Gasteiger partial charge < -0.3 is 0 Å². The maximum Gasteiger partial charge on any atom is 0.214 e. The number of nitriles is 1. The van der Waals surface area contributed by atoms with Crippen LogP contribution in [-0.4, -0.2) is 20.7 Å². The molecule has 0 radical (unpaired) electrons. The highest BCUT2D eigenvalue weighted by Crippen LogP contribution is 2.39. The first-order chi connectivity index (χ1) is 8.54. The van der Waals surface area contributed by atoms with E-state index in [1.165, 1.54) is 0 Å². The Morgan fingerprint density at radius 1 is 1.56 bits per heavy atom. The van der Waals surface area contributed by atoms with Gasteiger partial charge in [0.05, 0.1) is 15.0 Å². The van der Waals surface area contributed by atoms with Gasteiger partial charge in [-0.25, -0.2) is 9.19 Å².